The molecular weight excluding hydrogens is 487 g/mol. The summed E-state index contributed by atoms with van der Waals surface area (Å²) in [5, 5.41) is 11.3. The molecule has 12 heteroatoms. The topological polar surface area (TPSA) is 111 Å². The van der Waals surface area contributed by atoms with Crippen molar-refractivity contribution in [2.24, 2.45) is 0 Å². The van der Waals surface area contributed by atoms with Crippen LogP contribution in [0, 0.1) is 0 Å². The number of carbonyl (C=O) groups is 1. The Bertz CT molecular complexity index is 1270. The van der Waals surface area contributed by atoms with Crippen molar-refractivity contribution >= 4 is 15.7 Å². The largest absolute Gasteiger partial charge is 0.469 e. The van der Waals surface area contributed by atoms with Crippen molar-refractivity contribution in [2.75, 3.05) is 32.9 Å². The Hall–Kier alpha value is -3.38. The average molecular weight is 517 g/mol. The summed E-state index contributed by atoms with van der Waals surface area (Å²) in [6, 6.07) is 13.4. The van der Waals surface area contributed by atoms with E-state index in [-0.39, 0.29) is 30.0 Å². The Morgan fingerprint density at radius 3 is 2.67 bits per heavy atom. The molecule has 1 fully saturated rings. The number of hydrogen-bond donors (Lipinski definition) is 0. The van der Waals surface area contributed by atoms with Gasteiger partial charge < -0.3 is 9.64 Å². The second kappa shape index (κ2) is 11.1. The van der Waals surface area contributed by atoms with Crippen molar-refractivity contribution in [3.8, 4) is 5.75 Å². The summed E-state index contributed by atoms with van der Waals surface area (Å²) in [7, 11) is -1.58. The van der Waals surface area contributed by atoms with Gasteiger partial charge in [0.25, 0.3) is 0 Å². The summed E-state index contributed by atoms with van der Waals surface area (Å²) in [5.41, 5.74) is 1.56. The van der Waals surface area contributed by atoms with E-state index in [0.29, 0.717) is 37.4 Å². The van der Waals surface area contributed by atoms with Crippen LogP contribution in [0.4, 0.5) is 4.39 Å². The minimum Gasteiger partial charge on any atom is -0.469 e. The number of likely N-dealkylation sites (tertiary alicyclic amines) is 1. The smallest absolute Gasteiger partial charge is 0.227 e. The maximum absolute atomic E-state index is 13.9. The molecule has 10 nitrogen and oxygen atoms in total. The Morgan fingerprint density at radius 1 is 1.25 bits per heavy atom. The minimum atomic E-state index is -3.31. The van der Waals surface area contributed by atoms with Crippen LogP contribution in [0.15, 0.2) is 59.8 Å². The number of ether oxygens (including phenoxy) is 1. The molecule has 36 heavy (non-hydrogen) atoms. The molecule has 0 spiro atoms. The van der Waals surface area contributed by atoms with Crippen LogP contribution in [0.25, 0.3) is 0 Å². The van der Waals surface area contributed by atoms with Crippen molar-refractivity contribution in [3.63, 3.8) is 0 Å². The first-order valence-corrected chi connectivity index (χ1v) is 13.4. The minimum absolute atomic E-state index is 0.0853. The highest BCUT2D eigenvalue weighted by Crippen LogP contribution is 2.27. The summed E-state index contributed by atoms with van der Waals surface area (Å²) in [5.74, 6) is 0.443. The predicted octanol–water partition coefficient (Wildman–Crippen LogP) is 1.90. The third kappa shape index (κ3) is 6.64. The molecule has 0 N–H and O–H groups in total. The molecule has 0 bridgehead atoms. The van der Waals surface area contributed by atoms with E-state index in [2.05, 4.69) is 15.4 Å². The second-order valence-electron chi connectivity index (χ2n) is 8.91. The SMILES string of the molecule is CN(C(=O)Cc1ccc(S(C)(=O)=O)cc1)[C@H](CN1CC[C@@H](F)C1)c1cccc(OCn2ncnn2)c1. The molecule has 2 aromatic carbocycles. The van der Waals surface area contributed by atoms with Gasteiger partial charge in [0.15, 0.2) is 16.2 Å². The van der Waals surface area contributed by atoms with E-state index < -0.39 is 16.0 Å². The van der Waals surface area contributed by atoms with E-state index in [9.17, 15) is 17.6 Å². The molecule has 2 heterocycles. The summed E-state index contributed by atoms with van der Waals surface area (Å²) in [6.07, 6.45) is 2.18. The maximum Gasteiger partial charge on any atom is 0.227 e. The fraction of sp³-hybridized carbons (Fsp3) is 0.417. The summed E-state index contributed by atoms with van der Waals surface area (Å²) in [6.45, 7) is 1.52. The summed E-state index contributed by atoms with van der Waals surface area (Å²) in [4.78, 5) is 18.5. The van der Waals surface area contributed by atoms with Crippen molar-refractivity contribution in [2.45, 2.75) is 36.7 Å². The number of halogens is 1. The molecule has 1 aromatic heterocycles. The number of sulfone groups is 1. The molecule has 192 valence electrons. The zero-order valence-corrected chi connectivity index (χ0v) is 21.0. The van der Waals surface area contributed by atoms with E-state index >= 15 is 0 Å². The molecular formula is C24H29FN6O4S. The van der Waals surface area contributed by atoms with E-state index in [4.69, 9.17) is 4.74 Å². The number of likely N-dealkylation sites (N-methyl/N-ethyl adjacent to an activating group) is 1. The number of tetrazole rings is 1. The van der Waals surface area contributed by atoms with E-state index in [1.54, 1.807) is 30.1 Å². The Kier molecular flexibility index (Phi) is 7.94. The molecule has 3 aromatic rings. The van der Waals surface area contributed by atoms with E-state index in [0.717, 1.165) is 11.8 Å². The van der Waals surface area contributed by atoms with Crippen molar-refractivity contribution in [1.82, 2.24) is 30.0 Å². The lowest BCUT2D eigenvalue weighted by Crippen LogP contribution is -2.39. The van der Waals surface area contributed by atoms with Crippen molar-refractivity contribution in [1.29, 1.82) is 0 Å². The number of nitrogens with zero attached hydrogens (tertiary/aromatic N) is 6. The molecule has 0 radical (unpaired) electrons. The van der Waals surface area contributed by atoms with Crippen LogP contribution in [0.3, 0.4) is 0 Å². The van der Waals surface area contributed by atoms with Gasteiger partial charge in [-0.15, -0.1) is 15.0 Å². The van der Waals surface area contributed by atoms with Gasteiger partial charge in [-0.1, -0.05) is 24.3 Å². The third-order valence-corrected chi connectivity index (χ3v) is 7.32. The van der Waals surface area contributed by atoms with Crippen LogP contribution >= 0.6 is 0 Å². The van der Waals surface area contributed by atoms with Crippen LogP contribution in [-0.2, 0) is 27.8 Å². The number of aromatic nitrogens is 4. The molecule has 1 aliphatic rings. The van der Waals surface area contributed by atoms with Crippen LogP contribution in [0.1, 0.15) is 23.6 Å². The molecule has 1 amide bonds. The second-order valence-corrected chi connectivity index (χ2v) is 10.9. The quantitative estimate of drug-likeness (QED) is 0.402. The number of benzene rings is 2. The molecule has 4 rings (SSSR count). The van der Waals surface area contributed by atoms with Crippen LogP contribution in [0.2, 0.25) is 0 Å². The van der Waals surface area contributed by atoms with Gasteiger partial charge >= 0.3 is 0 Å². The number of rotatable bonds is 10. The normalized spacial score (nSPS) is 17.1. The van der Waals surface area contributed by atoms with Gasteiger partial charge in [0.1, 0.15) is 11.9 Å². The van der Waals surface area contributed by atoms with Crippen molar-refractivity contribution < 1.29 is 22.3 Å². The summed E-state index contributed by atoms with van der Waals surface area (Å²) < 4.78 is 43.1. The van der Waals surface area contributed by atoms with Gasteiger partial charge in [-0.2, -0.15) is 0 Å². The first-order chi connectivity index (χ1) is 17.2. The molecule has 1 saturated heterocycles. The zero-order chi connectivity index (χ0) is 25.7. The monoisotopic (exact) mass is 516 g/mol. The van der Waals surface area contributed by atoms with E-state index in [1.165, 1.54) is 23.3 Å². The average Bonchev–Trinajstić information content (AvgIpc) is 3.52. The molecule has 0 aliphatic carbocycles. The first-order valence-electron chi connectivity index (χ1n) is 11.5. The maximum atomic E-state index is 13.9. The fourth-order valence-corrected chi connectivity index (χ4v) is 4.80. The van der Waals surface area contributed by atoms with Gasteiger partial charge in [-0.3, -0.25) is 9.69 Å². The van der Waals surface area contributed by atoms with Gasteiger partial charge in [-0.25, -0.2) is 12.8 Å². The third-order valence-electron chi connectivity index (χ3n) is 6.19. The number of alkyl halides is 1. The number of amides is 1. The lowest BCUT2D eigenvalue weighted by Gasteiger charge is -2.32. The van der Waals surface area contributed by atoms with Crippen molar-refractivity contribution in [3.05, 3.63) is 66.0 Å². The number of carbonyl (C=O) groups excluding carboxylic acids is 1. The van der Waals surface area contributed by atoms with Gasteiger partial charge in [0.2, 0.25) is 12.6 Å². The fourth-order valence-electron chi connectivity index (χ4n) is 4.17. The standard InChI is InChI=1S/C24H29FN6O4S/c1-29(24(32)12-18-6-8-22(9-7-18)36(2,33)34)23(15-30-11-10-20(25)14-30)19-4-3-5-21(13-19)35-17-31-27-16-26-28-31/h3-9,13,16,20,23H,10-12,14-15,17H2,1-2H3/t20-,23-/m1/s1. The highest BCUT2D eigenvalue weighted by Gasteiger charge is 2.29. The first kappa shape index (κ1) is 25.7. The van der Waals surface area contributed by atoms with Crippen LogP contribution < -0.4 is 4.74 Å². The highest BCUT2D eigenvalue weighted by atomic mass is 32.2. The molecule has 0 saturated carbocycles. The molecule has 0 unspecified atom stereocenters. The lowest BCUT2D eigenvalue weighted by atomic mass is 10.0. The summed E-state index contributed by atoms with van der Waals surface area (Å²) >= 11 is 0. The van der Waals surface area contributed by atoms with Gasteiger partial charge in [-0.05, 0) is 47.0 Å². The molecule has 2 atom stereocenters. The number of hydrogen-bond acceptors (Lipinski definition) is 8. The lowest BCUT2D eigenvalue weighted by molar-refractivity contribution is -0.131. The van der Waals surface area contributed by atoms with E-state index in [1.807, 2.05) is 23.1 Å². The van der Waals surface area contributed by atoms with Crippen LogP contribution in [-0.4, -0.2) is 83.4 Å². The Morgan fingerprint density at radius 2 is 2.03 bits per heavy atom. The van der Waals surface area contributed by atoms with Gasteiger partial charge in [0, 0.05) is 32.9 Å². The molecule has 1 aliphatic heterocycles. The predicted molar refractivity (Wildman–Crippen MR) is 130 cm³/mol. The Labute approximate surface area is 209 Å². The van der Waals surface area contributed by atoms with Crippen LogP contribution in [0.5, 0.6) is 5.75 Å². The zero-order valence-electron chi connectivity index (χ0n) is 20.2. The highest BCUT2D eigenvalue weighted by molar-refractivity contribution is 7.90. The van der Waals surface area contributed by atoms with Gasteiger partial charge in [0.05, 0.1) is 17.4 Å². The Balaban J connectivity index is 1.51.